The highest BCUT2D eigenvalue weighted by atomic mass is 32.1. The molecule has 31 heavy (non-hydrogen) atoms. The number of likely N-dealkylation sites (tertiary alicyclic amines) is 1. The summed E-state index contributed by atoms with van der Waals surface area (Å²) in [5.41, 5.74) is 2.59. The first kappa shape index (κ1) is 21.3. The number of carbonyl (C=O) groups is 1. The molecule has 1 fully saturated rings. The molecule has 1 saturated heterocycles. The second kappa shape index (κ2) is 9.49. The van der Waals surface area contributed by atoms with Crippen molar-refractivity contribution in [1.29, 1.82) is 0 Å². The molecule has 1 amide bonds. The number of nitrogens with one attached hydrogen (secondary N) is 1. The Bertz CT molecular complexity index is 1020. The summed E-state index contributed by atoms with van der Waals surface area (Å²) in [6, 6.07) is 6.35. The van der Waals surface area contributed by atoms with E-state index >= 15 is 0 Å². The lowest BCUT2D eigenvalue weighted by molar-refractivity contribution is -0.118. The Balaban J connectivity index is 1.66. The quantitative estimate of drug-likeness (QED) is 0.625. The molecular weight excluding hydrogens is 415 g/mol. The summed E-state index contributed by atoms with van der Waals surface area (Å²) in [4.78, 5) is 30.2. The van der Waals surface area contributed by atoms with Crippen LogP contribution in [0.1, 0.15) is 31.0 Å². The van der Waals surface area contributed by atoms with E-state index in [1.54, 1.807) is 24.5 Å². The van der Waals surface area contributed by atoms with Gasteiger partial charge in [0.15, 0.2) is 5.13 Å². The summed E-state index contributed by atoms with van der Waals surface area (Å²) in [7, 11) is 3.80. The average Bonchev–Trinajstić information content (AvgIpc) is 3.27. The molecule has 1 aromatic carbocycles. The monoisotopic (exact) mass is 440 g/mol. The third-order valence-corrected chi connectivity index (χ3v) is 6.00. The van der Waals surface area contributed by atoms with Crippen molar-refractivity contribution in [2.24, 2.45) is 0 Å². The van der Waals surface area contributed by atoms with Gasteiger partial charge in [-0.2, -0.15) is 0 Å². The number of anilines is 2. The van der Waals surface area contributed by atoms with E-state index in [2.05, 4.69) is 20.2 Å². The molecule has 3 heterocycles. The van der Waals surface area contributed by atoms with Crippen molar-refractivity contribution in [3.05, 3.63) is 53.6 Å². The molecule has 0 radical (unpaired) electrons. The Kier molecular flexibility index (Phi) is 6.53. The Morgan fingerprint density at radius 3 is 2.77 bits per heavy atom. The second-order valence-electron chi connectivity index (χ2n) is 7.74. The first-order chi connectivity index (χ1) is 15.0. The van der Waals surface area contributed by atoms with Crippen LogP contribution in [0.25, 0.3) is 11.1 Å². The van der Waals surface area contributed by atoms with Crippen molar-refractivity contribution < 1.29 is 9.18 Å². The zero-order chi connectivity index (χ0) is 21.8. The van der Waals surface area contributed by atoms with E-state index in [-0.39, 0.29) is 24.3 Å². The van der Waals surface area contributed by atoms with Crippen molar-refractivity contribution in [2.45, 2.75) is 25.3 Å². The number of thiazole rings is 1. The maximum Gasteiger partial charge on any atom is 0.240 e. The Morgan fingerprint density at radius 2 is 2.06 bits per heavy atom. The summed E-state index contributed by atoms with van der Waals surface area (Å²) < 4.78 is 13.5. The topological polar surface area (TPSA) is 74.2 Å². The maximum atomic E-state index is 13.5. The van der Waals surface area contributed by atoms with Crippen LogP contribution in [0.3, 0.4) is 0 Å². The van der Waals surface area contributed by atoms with Crippen LogP contribution < -0.4 is 10.2 Å². The Labute approximate surface area is 185 Å². The van der Waals surface area contributed by atoms with E-state index in [1.807, 2.05) is 24.4 Å². The van der Waals surface area contributed by atoms with E-state index in [4.69, 9.17) is 4.98 Å². The van der Waals surface area contributed by atoms with Gasteiger partial charge >= 0.3 is 0 Å². The minimum atomic E-state index is -0.283. The molecule has 0 aliphatic carbocycles. The van der Waals surface area contributed by atoms with Crippen LogP contribution in [0.2, 0.25) is 0 Å². The summed E-state index contributed by atoms with van der Waals surface area (Å²) in [6.45, 7) is 1.06. The molecule has 7 nitrogen and oxygen atoms in total. The fourth-order valence-corrected chi connectivity index (χ4v) is 4.37. The molecule has 3 aromatic rings. The summed E-state index contributed by atoms with van der Waals surface area (Å²) in [6.07, 6.45) is 6.44. The molecule has 9 heteroatoms. The van der Waals surface area contributed by atoms with E-state index in [9.17, 15) is 9.18 Å². The van der Waals surface area contributed by atoms with Gasteiger partial charge in [-0.15, -0.1) is 11.3 Å². The molecule has 162 valence electrons. The largest absolute Gasteiger partial charge is 0.347 e. The third kappa shape index (κ3) is 5.05. The van der Waals surface area contributed by atoms with Crippen LogP contribution in [0.5, 0.6) is 0 Å². The Morgan fingerprint density at radius 1 is 1.26 bits per heavy atom. The molecule has 1 aliphatic rings. The van der Waals surface area contributed by atoms with Crippen LogP contribution in [0.15, 0.2) is 42.0 Å². The van der Waals surface area contributed by atoms with Gasteiger partial charge in [-0.3, -0.25) is 9.69 Å². The van der Waals surface area contributed by atoms with E-state index in [0.717, 1.165) is 42.6 Å². The van der Waals surface area contributed by atoms with Crippen molar-refractivity contribution in [3.8, 4) is 11.1 Å². The molecule has 0 bridgehead atoms. The first-order valence-corrected chi connectivity index (χ1v) is 11.1. The number of rotatable bonds is 6. The normalized spacial score (nSPS) is 16.8. The number of hydrogen-bond acceptors (Lipinski definition) is 7. The van der Waals surface area contributed by atoms with Crippen molar-refractivity contribution in [2.75, 3.05) is 37.4 Å². The van der Waals surface area contributed by atoms with Crippen molar-refractivity contribution in [1.82, 2.24) is 19.9 Å². The maximum absolute atomic E-state index is 13.5. The highest BCUT2D eigenvalue weighted by molar-refractivity contribution is 7.13. The van der Waals surface area contributed by atoms with Gasteiger partial charge in [0, 0.05) is 37.4 Å². The summed E-state index contributed by atoms with van der Waals surface area (Å²) >= 11 is 1.40. The second-order valence-corrected chi connectivity index (χ2v) is 8.63. The average molecular weight is 441 g/mol. The highest BCUT2D eigenvalue weighted by Gasteiger charge is 2.30. The molecule has 0 saturated carbocycles. The number of aromatic nitrogens is 3. The van der Waals surface area contributed by atoms with Crippen LogP contribution in [-0.2, 0) is 4.79 Å². The predicted octanol–water partition coefficient (Wildman–Crippen LogP) is 3.97. The molecule has 0 spiro atoms. The number of nitrogens with zero attached hydrogens (tertiary/aromatic N) is 5. The number of carbonyl (C=O) groups excluding carboxylic acids is 1. The molecule has 1 N–H and O–H groups in total. The van der Waals surface area contributed by atoms with Crippen LogP contribution in [0.4, 0.5) is 15.5 Å². The summed E-state index contributed by atoms with van der Waals surface area (Å²) in [5.74, 6) is 0.236. The predicted molar refractivity (Wildman–Crippen MR) is 121 cm³/mol. The van der Waals surface area contributed by atoms with Crippen LogP contribution in [-0.4, -0.2) is 52.9 Å². The minimum absolute atomic E-state index is 0.0300. The number of piperidine rings is 1. The molecule has 2 aromatic heterocycles. The van der Waals surface area contributed by atoms with Gasteiger partial charge in [0.2, 0.25) is 11.9 Å². The van der Waals surface area contributed by atoms with Crippen molar-refractivity contribution >= 4 is 28.3 Å². The molecule has 1 aliphatic heterocycles. The molecule has 0 unspecified atom stereocenters. The summed E-state index contributed by atoms with van der Waals surface area (Å²) in [5, 5.41) is 5.30. The zero-order valence-electron chi connectivity index (χ0n) is 17.6. The van der Waals surface area contributed by atoms with Gasteiger partial charge in [0.1, 0.15) is 5.82 Å². The van der Waals surface area contributed by atoms with Gasteiger partial charge in [-0.25, -0.2) is 19.3 Å². The van der Waals surface area contributed by atoms with Gasteiger partial charge in [0.05, 0.1) is 18.3 Å². The van der Waals surface area contributed by atoms with Crippen LogP contribution in [0, 0.1) is 5.82 Å². The highest BCUT2D eigenvalue weighted by Crippen LogP contribution is 2.36. The lowest BCUT2D eigenvalue weighted by Gasteiger charge is -2.35. The SMILES string of the molecule is CN(C)c1ncc(-c2ccc(F)cc2)c([C@H]2CCCCN2CC(=O)Nc2nccs2)n1. The Hall–Kier alpha value is -2.91. The number of benzene rings is 1. The third-order valence-electron chi connectivity index (χ3n) is 5.32. The standard InChI is InChI=1S/C22H25FN6OS/c1-28(2)21-25-13-17(15-6-8-16(23)9-7-15)20(27-21)18-5-3-4-11-29(18)14-19(30)26-22-24-10-12-31-22/h6-10,12-13,18H,3-5,11,14H2,1-2H3,(H,24,26,30)/t18-/m1/s1. The van der Waals surface area contributed by atoms with Crippen molar-refractivity contribution in [3.63, 3.8) is 0 Å². The lowest BCUT2D eigenvalue weighted by atomic mass is 9.93. The zero-order valence-corrected chi connectivity index (χ0v) is 18.4. The number of hydrogen-bond donors (Lipinski definition) is 1. The van der Waals surface area contributed by atoms with Gasteiger partial charge < -0.3 is 10.2 Å². The minimum Gasteiger partial charge on any atom is -0.347 e. The fourth-order valence-electron chi connectivity index (χ4n) is 3.82. The first-order valence-electron chi connectivity index (χ1n) is 10.2. The molecule has 1 atom stereocenters. The van der Waals surface area contributed by atoms with E-state index in [1.165, 1.54) is 23.5 Å². The molecule has 4 rings (SSSR count). The smallest absolute Gasteiger partial charge is 0.240 e. The van der Waals surface area contributed by atoms with E-state index in [0.29, 0.717) is 11.1 Å². The molecular formula is C22H25FN6OS. The number of halogens is 1. The van der Waals surface area contributed by atoms with E-state index < -0.39 is 0 Å². The fraction of sp³-hybridized carbons (Fsp3) is 0.364. The van der Waals surface area contributed by atoms with Crippen LogP contribution >= 0.6 is 11.3 Å². The lowest BCUT2D eigenvalue weighted by Crippen LogP contribution is -2.40. The van der Waals surface area contributed by atoms with Gasteiger partial charge in [0.25, 0.3) is 0 Å². The van der Waals surface area contributed by atoms with Gasteiger partial charge in [-0.05, 0) is 37.1 Å². The van der Waals surface area contributed by atoms with Gasteiger partial charge in [-0.1, -0.05) is 18.6 Å². The number of amides is 1.